The van der Waals surface area contributed by atoms with E-state index in [0.717, 1.165) is 79.5 Å². The summed E-state index contributed by atoms with van der Waals surface area (Å²) in [4.78, 5) is 23.5. The summed E-state index contributed by atoms with van der Waals surface area (Å²) < 4.78 is 0. The lowest BCUT2D eigenvalue weighted by Crippen LogP contribution is -2.63. The topological polar surface area (TPSA) is 95.6 Å². The number of hydrogen-bond acceptors (Lipinski definition) is 8. The van der Waals surface area contributed by atoms with Crippen molar-refractivity contribution in [2.24, 2.45) is 10.7 Å². The first-order valence-electron chi connectivity index (χ1n) is 10.5. The Morgan fingerprint density at radius 2 is 1.90 bits per heavy atom. The van der Waals surface area contributed by atoms with Gasteiger partial charge in [0.25, 0.3) is 0 Å². The molecule has 0 radical (unpaired) electrons. The van der Waals surface area contributed by atoms with Gasteiger partial charge in [-0.15, -0.1) is 0 Å². The summed E-state index contributed by atoms with van der Waals surface area (Å²) in [5.41, 5.74) is 11.4. The zero-order valence-electron chi connectivity index (χ0n) is 16.8. The molecule has 3 aliphatic rings. The second-order valence-corrected chi connectivity index (χ2v) is 8.24. The Bertz CT molecular complexity index is 1150. The molecule has 0 amide bonds. The summed E-state index contributed by atoms with van der Waals surface area (Å²) in [5.74, 6) is 1.57. The Balaban J connectivity index is 1.25. The summed E-state index contributed by atoms with van der Waals surface area (Å²) in [7, 11) is 0. The Morgan fingerprint density at radius 1 is 1.03 bits per heavy atom. The molecule has 5 heterocycles. The van der Waals surface area contributed by atoms with E-state index >= 15 is 0 Å². The highest BCUT2D eigenvalue weighted by Crippen LogP contribution is 2.31. The van der Waals surface area contributed by atoms with E-state index < -0.39 is 0 Å². The highest BCUT2D eigenvalue weighted by atomic mass is 15.4. The molecule has 30 heavy (non-hydrogen) atoms. The molecule has 2 aromatic heterocycles. The third-order valence-corrected chi connectivity index (χ3v) is 6.27. The number of pyridine rings is 1. The number of amidine groups is 1. The molecule has 0 unspecified atom stereocenters. The first kappa shape index (κ1) is 17.7. The molecular weight excluding hydrogens is 376 g/mol. The number of nitrogens with one attached hydrogen (secondary N) is 1. The number of benzene rings is 1. The number of fused-ring (bicyclic) bond motifs is 2. The van der Waals surface area contributed by atoms with Gasteiger partial charge in [-0.2, -0.15) is 0 Å². The minimum atomic E-state index is 0.614. The Kier molecular flexibility index (Phi) is 4.14. The number of aromatic nitrogens is 3. The molecule has 152 valence electrons. The predicted molar refractivity (Wildman–Crippen MR) is 118 cm³/mol. The van der Waals surface area contributed by atoms with Crippen molar-refractivity contribution in [3.8, 4) is 11.3 Å². The zero-order chi connectivity index (χ0) is 20.1. The molecule has 0 bridgehead atoms. The van der Waals surface area contributed by atoms with Crippen molar-refractivity contribution >= 4 is 28.5 Å². The summed E-state index contributed by atoms with van der Waals surface area (Å²) in [6.45, 7) is 6.43. The molecule has 2 saturated heterocycles. The maximum atomic E-state index is 5.87. The van der Waals surface area contributed by atoms with E-state index in [1.54, 1.807) is 0 Å². The monoisotopic (exact) mass is 400 g/mol. The van der Waals surface area contributed by atoms with E-state index in [9.17, 15) is 0 Å². The van der Waals surface area contributed by atoms with Gasteiger partial charge in [0.2, 0.25) is 0 Å². The van der Waals surface area contributed by atoms with E-state index in [1.165, 1.54) is 0 Å². The van der Waals surface area contributed by atoms with Crippen LogP contribution in [-0.2, 0) is 6.42 Å². The van der Waals surface area contributed by atoms with E-state index in [4.69, 9.17) is 15.7 Å². The summed E-state index contributed by atoms with van der Waals surface area (Å²) in [5, 5.41) is 3.42. The Morgan fingerprint density at radius 3 is 2.77 bits per heavy atom. The molecule has 0 atom stereocenters. The normalized spacial score (nSPS) is 19.6. The van der Waals surface area contributed by atoms with Crippen LogP contribution in [0.15, 0.2) is 41.5 Å². The minimum Gasteiger partial charge on any atom is -0.387 e. The van der Waals surface area contributed by atoms with Crippen LogP contribution in [0.2, 0.25) is 0 Å². The van der Waals surface area contributed by atoms with Gasteiger partial charge in [-0.1, -0.05) is 12.1 Å². The maximum Gasteiger partial charge on any atom is 0.180 e. The van der Waals surface area contributed by atoms with E-state index in [-0.39, 0.29) is 0 Å². The summed E-state index contributed by atoms with van der Waals surface area (Å²) >= 11 is 0. The standard InChI is InChI=1S/C22H24N8/c23-20-10-15-2-1-14(9-19(15)26-20)17-3-4-18-22(27-17)28-21(11-25-18)30-12-16(13-30)29-7-5-24-6-8-29/h1-4,9,11,16,24H,5-8,10,12-13H2,(H2,23,26). The van der Waals surface area contributed by atoms with Crippen LogP contribution in [0.5, 0.6) is 0 Å². The molecular formula is C22H24N8. The summed E-state index contributed by atoms with van der Waals surface area (Å²) in [6, 6.07) is 10.8. The van der Waals surface area contributed by atoms with E-state index in [0.29, 0.717) is 17.5 Å². The van der Waals surface area contributed by atoms with Gasteiger partial charge < -0.3 is 16.0 Å². The molecule has 8 nitrogen and oxygen atoms in total. The highest BCUT2D eigenvalue weighted by Gasteiger charge is 2.33. The van der Waals surface area contributed by atoms with Crippen molar-refractivity contribution in [3.63, 3.8) is 0 Å². The van der Waals surface area contributed by atoms with Gasteiger partial charge in [0.15, 0.2) is 5.65 Å². The van der Waals surface area contributed by atoms with Gasteiger partial charge in [0.05, 0.1) is 17.6 Å². The summed E-state index contributed by atoms with van der Waals surface area (Å²) in [6.07, 6.45) is 2.59. The van der Waals surface area contributed by atoms with Gasteiger partial charge in [-0.25, -0.2) is 19.9 Å². The van der Waals surface area contributed by atoms with Gasteiger partial charge in [0.1, 0.15) is 17.2 Å². The molecule has 3 aromatic rings. The van der Waals surface area contributed by atoms with Crippen molar-refractivity contribution in [3.05, 3.63) is 42.1 Å². The molecule has 8 heteroatoms. The second kappa shape index (κ2) is 7.00. The number of rotatable bonds is 3. The van der Waals surface area contributed by atoms with Crippen LogP contribution in [0.4, 0.5) is 11.5 Å². The Labute approximate surface area is 174 Å². The minimum absolute atomic E-state index is 0.614. The van der Waals surface area contributed by atoms with Crippen molar-refractivity contribution in [2.45, 2.75) is 12.5 Å². The van der Waals surface area contributed by atoms with Crippen LogP contribution in [-0.4, -0.2) is 71.0 Å². The number of nitrogens with zero attached hydrogens (tertiary/aromatic N) is 6. The van der Waals surface area contributed by atoms with Gasteiger partial charge in [0, 0.05) is 57.3 Å². The zero-order valence-corrected chi connectivity index (χ0v) is 16.8. The van der Waals surface area contributed by atoms with Crippen LogP contribution >= 0.6 is 0 Å². The number of hydrogen-bond donors (Lipinski definition) is 2. The van der Waals surface area contributed by atoms with Crippen LogP contribution < -0.4 is 16.0 Å². The van der Waals surface area contributed by atoms with E-state index in [2.05, 4.69) is 37.2 Å². The molecule has 0 saturated carbocycles. The van der Waals surface area contributed by atoms with Crippen molar-refractivity contribution in [2.75, 3.05) is 44.2 Å². The highest BCUT2D eigenvalue weighted by molar-refractivity contribution is 5.91. The lowest BCUT2D eigenvalue weighted by molar-refractivity contribution is 0.147. The smallest absolute Gasteiger partial charge is 0.180 e. The Hall–Kier alpha value is -3.10. The third-order valence-electron chi connectivity index (χ3n) is 6.27. The van der Waals surface area contributed by atoms with Crippen molar-refractivity contribution < 1.29 is 0 Å². The van der Waals surface area contributed by atoms with E-state index in [1.807, 2.05) is 24.4 Å². The largest absolute Gasteiger partial charge is 0.387 e. The molecule has 0 aliphatic carbocycles. The molecule has 1 aromatic carbocycles. The average molecular weight is 400 g/mol. The SMILES string of the molecule is NC1=Nc2cc(-c3ccc4ncc(N5CC(N6CCNCC6)C5)nc4n3)ccc2C1. The molecule has 3 N–H and O–H groups in total. The fourth-order valence-corrected chi connectivity index (χ4v) is 4.49. The van der Waals surface area contributed by atoms with Crippen LogP contribution in [0, 0.1) is 0 Å². The van der Waals surface area contributed by atoms with Crippen molar-refractivity contribution in [1.29, 1.82) is 0 Å². The molecule has 0 spiro atoms. The molecule has 2 fully saturated rings. The average Bonchev–Trinajstić information content (AvgIpc) is 3.12. The first-order chi connectivity index (χ1) is 14.7. The van der Waals surface area contributed by atoms with Gasteiger partial charge in [-0.3, -0.25) is 4.90 Å². The lowest BCUT2D eigenvalue weighted by atomic mass is 10.1. The fourth-order valence-electron chi connectivity index (χ4n) is 4.49. The van der Waals surface area contributed by atoms with Crippen LogP contribution in [0.25, 0.3) is 22.4 Å². The van der Waals surface area contributed by atoms with Gasteiger partial charge in [-0.05, 0) is 23.8 Å². The predicted octanol–water partition coefficient (Wildman–Crippen LogP) is 1.33. The van der Waals surface area contributed by atoms with Gasteiger partial charge >= 0.3 is 0 Å². The number of nitrogens with two attached hydrogens (primary N) is 1. The number of piperazine rings is 1. The fraction of sp³-hybridized carbons (Fsp3) is 0.364. The number of aliphatic imine (C=N–C) groups is 1. The lowest BCUT2D eigenvalue weighted by Gasteiger charge is -2.47. The quantitative estimate of drug-likeness (QED) is 0.685. The van der Waals surface area contributed by atoms with Crippen LogP contribution in [0.3, 0.4) is 0 Å². The first-order valence-corrected chi connectivity index (χ1v) is 10.5. The third kappa shape index (κ3) is 3.09. The molecule has 6 rings (SSSR count). The van der Waals surface area contributed by atoms with Crippen molar-refractivity contribution in [1.82, 2.24) is 25.2 Å². The molecule has 3 aliphatic heterocycles. The maximum absolute atomic E-state index is 5.87. The van der Waals surface area contributed by atoms with Crippen LogP contribution in [0.1, 0.15) is 5.56 Å². The number of anilines is 1. The second-order valence-electron chi connectivity index (χ2n) is 8.24.